The van der Waals surface area contributed by atoms with Crippen LogP contribution < -0.4 is 14.4 Å². The zero-order chi connectivity index (χ0) is 31.2. The number of carbonyl (C=O) groups excluding carboxylic acids is 2. The number of hydrogen-bond donors (Lipinski definition) is 0. The van der Waals surface area contributed by atoms with Crippen molar-refractivity contribution >= 4 is 50.3 Å². The van der Waals surface area contributed by atoms with Gasteiger partial charge in [-0.1, -0.05) is 0 Å². The molecule has 1 atom stereocenters. The summed E-state index contributed by atoms with van der Waals surface area (Å²) in [5.41, 5.74) is 5.17. The Balaban J connectivity index is 1.09. The minimum Gasteiger partial charge on any atom is -0.480 e. The van der Waals surface area contributed by atoms with Crippen LogP contribution in [0.1, 0.15) is 21.5 Å². The lowest BCUT2D eigenvalue weighted by Gasteiger charge is -2.27. The second-order valence-corrected chi connectivity index (χ2v) is 11.8. The summed E-state index contributed by atoms with van der Waals surface area (Å²) < 4.78 is 37.9. The number of thiazole rings is 1. The number of halogens is 1. The number of morpholine rings is 1. The summed E-state index contributed by atoms with van der Waals surface area (Å²) in [7, 11) is 3.09. The van der Waals surface area contributed by atoms with Crippen LogP contribution in [-0.2, 0) is 15.9 Å². The third-order valence-corrected chi connectivity index (χ3v) is 8.98. The summed E-state index contributed by atoms with van der Waals surface area (Å²) in [6.07, 6.45) is 0.00104. The number of amides is 2. The molecule has 11 nitrogen and oxygen atoms in total. The third kappa shape index (κ3) is 5.38. The Kier molecular flexibility index (Phi) is 7.42. The highest BCUT2D eigenvalue weighted by Crippen LogP contribution is 2.43. The second-order valence-electron chi connectivity index (χ2n) is 10.8. The molecule has 3 aromatic carbocycles. The van der Waals surface area contributed by atoms with Crippen LogP contribution in [0.15, 0.2) is 48.7 Å². The van der Waals surface area contributed by atoms with E-state index >= 15 is 4.39 Å². The summed E-state index contributed by atoms with van der Waals surface area (Å²) in [5.74, 6) is -0.221. The number of benzene rings is 3. The van der Waals surface area contributed by atoms with E-state index in [9.17, 15) is 9.59 Å². The minimum atomic E-state index is -1.03. The minimum absolute atomic E-state index is 0.0442. The number of nitrogens with zero attached hydrogens (tertiary/aromatic N) is 5. The van der Waals surface area contributed by atoms with Crippen LogP contribution in [0.25, 0.3) is 31.8 Å². The normalized spacial score (nSPS) is 16.0. The van der Waals surface area contributed by atoms with Gasteiger partial charge in [0.05, 0.1) is 54.2 Å². The topological polar surface area (TPSA) is 116 Å². The quantitative estimate of drug-likeness (QED) is 0.253. The van der Waals surface area contributed by atoms with Crippen LogP contribution in [0, 0.1) is 12.7 Å². The molecule has 0 unspecified atom stereocenters. The fourth-order valence-corrected chi connectivity index (χ4v) is 6.61. The number of carbonyl (C=O) groups is 2. The van der Waals surface area contributed by atoms with Crippen LogP contribution >= 0.6 is 11.3 Å². The first-order valence-electron chi connectivity index (χ1n) is 14.3. The fourth-order valence-electron chi connectivity index (χ4n) is 5.50. The van der Waals surface area contributed by atoms with Gasteiger partial charge in [-0.05, 0) is 48.9 Å². The summed E-state index contributed by atoms with van der Waals surface area (Å²) in [6, 6.07) is 11.9. The zero-order valence-corrected chi connectivity index (χ0v) is 25.5. The molecule has 0 radical (unpaired) electrons. The van der Waals surface area contributed by atoms with Crippen molar-refractivity contribution < 1.29 is 32.9 Å². The van der Waals surface area contributed by atoms with Gasteiger partial charge in [-0.25, -0.2) is 24.1 Å². The smallest absolute Gasteiger partial charge is 0.417 e. The van der Waals surface area contributed by atoms with Crippen molar-refractivity contribution in [2.24, 2.45) is 0 Å². The van der Waals surface area contributed by atoms with Gasteiger partial charge in [0.1, 0.15) is 5.01 Å². The molecule has 0 N–H and O–H groups in total. The second kappa shape index (κ2) is 11.6. The van der Waals surface area contributed by atoms with Crippen LogP contribution in [0.5, 0.6) is 11.6 Å². The number of ether oxygens (including phenoxy) is 4. The SMILES string of the molecule is COc1cnc2c(-c3nc4cc(F)c5c(c4s3)C[C@@H](OC(=O)N(C)c3ccc(C(=O)N4CCOCC4)cc3)O5)cc(C)cc2n1. The number of fused-ring (bicyclic) bond motifs is 4. The highest BCUT2D eigenvalue weighted by atomic mass is 32.1. The van der Waals surface area contributed by atoms with Crippen molar-refractivity contribution in [3.8, 4) is 22.2 Å². The van der Waals surface area contributed by atoms with E-state index in [1.807, 2.05) is 19.1 Å². The number of methoxy groups -OCH3 is 1. The number of hydrogen-bond acceptors (Lipinski definition) is 10. The van der Waals surface area contributed by atoms with E-state index in [2.05, 4.69) is 9.97 Å². The Morgan fingerprint density at radius 2 is 1.87 bits per heavy atom. The van der Waals surface area contributed by atoms with E-state index in [4.69, 9.17) is 23.9 Å². The Morgan fingerprint density at radius 3 is 2.62 bits per heavy atom. The predicted molar refractivity (Wildman–Crippen MR) is 166 cm³/mol. The average molecular weight is 630 g/mol. The van der Waals surface area contributed by atoms with Crippen molar-refractivity contribution in [2.45, 2.75) is 19.6 Å². The van der Waals surface area contributed by atoms with Gasteiger partial charge in [0.2, 0.25) is 5.88 Å². The van der Waals surface area contributed by atoms with Gasteiger partial charge in [-0.3, -0.25) is 9.69 Å². The van der Waals surface area contributed by atoms with Crippen LogP contribution in [0.4, 0.5) is 14.9 Å². The number of anilines is 1. The van der Waals surface area contributed by atoms with E-state index < -0.39 is 18.2 Å². The van der Waals surface area contributed by atoms with Crippen molar-refractivity contribution in [3.05, 3.63) is 71.2 Å². The maximum Gasteiger partial charge on any atom is 0.417 e. The zero-order valence-electron chi connectivity index (χ0n) is 24.7. The molecule has 1 fully saturated rings. The highest BCUT2D eigenvalue weighted by molar-refractivity contribution is 7.22. The number of aromatic nitrogens is 3. The third-order valence-electron chi connectivity index (χ3n) is 7.82. The molecule has 4 heterocycles. The lowest BCUT2D eigenvalue weighted by Crippen LogP contribution is -2.40. The monoisotopic (exact) mass is 629 g/mol. The largest absolute Gasteiger partial charge is 0.480 e. The highest BCUT2D eigenvalue weighted by Gasteiger charge is 2.33. The van der Waals surface area contributed by atoms with E-state index in [1.165, 1.54) is 29.4 Å². The molecular formula is C32H28FN5O6S. The van der Waals surface area contributed by atoms with E-state index in [-0.39, 0.29) is 18.1 Å². The van der Waals surface area contributed by atoms with E-state index in [0.29, 0.717) is 70.6 Å². The van der Waals surface area contributed by atoms with Crippen LogP contribution in [0.2, 0.25) is 0 Å². The van der Waals surface area contributed by atoms with Gasteiger partial charge in [-0.15, -0.1) is 11.3 Å². The van der Waals surface area contributed by atoms with Gasteiger partial charge in [-0.2, -0.15) is 0 Å². The maximum absolute atomic E-state index is 15.2. The molecule has 0 bridgehead atoms. The van der Waals surface area contributed by atoms with Gasteiger partial charge in [0, 0.05) is 48.6 Å². The van der Waals surface area contributed by atoms with Gasteiger partial charge in [0.25, 0.3) is 12.2 Å². The molecule has 0 aliphatic carbocycles. The Labute approximate surface area is 261 Å². The fraction of sp³-hybridized carbons (Fsp3) is 0.281. The van der Waals surface area contributed by atoms with E-state index in [1.54, 1.807) is 42.4 Å². The van der Waals surface area contributed by atoms with Crippen molar-refractivity contribution in [1.29, 1.82) is 0 Å². The number of aryl methyl sites for hydroxylation is 1. The predicted octanol–water partition coefficient (Wildman–Crippen LogP) is 5.37. The first kappa shape index (κ1) is 28.9. The van der Waals surface area contributed by atoms with Crippen LogP contribution in [-0.4, -0.2) is 78.6 Å². The van der Waals surface area contributed by atoms with Gasteiger partial charge in [0.15, 0.2) is 11.6 Å². The standard InChI is InChI=1S/C32H28FN5O6S/c1-17-12-20(27-23(13-17)35-25(41-3)16-34-27)30-36-24-15-22(33)28-21(29(24)45-30)14-26(43-28)44-32(40)37(2)19-6-4-18(5-7-19)31(39)38-8-10-42-11-9-38/h4-7,12-13,15-16,26H,8-11,14H2,1-3H3/t26-/m1/s1. The molecule has 230 valence electrons. The Bertz CT molecular complexity index is 1960. The number of rotatable bonds is 5. The molecule has 2 amide bonds. The van der Waals surface area contributed by atoms with Crippen molar-refractivity contribution in [2.75, 3.05) is 45.4 Å². The molecule has 1 saturated heterocycles. The molecule has 2 aromatic heterocycles. The first-order chi connectivity index (χ1) is 21.8. The van der Waals surface area contributed by atoms with E-state index in [0.717, 1.165) is 15.8 Å². The van der Waals surface area contributed by atoms with Crippen molar-refractivity contribution in [1.82, 2.24) is 19.9 Å². The molecule has 7 rings (SSSR count). The molecule has 45 heavy (non-hydrogen) atoms. The molecule has 5 aromatic rings. The first-order valence-corrected chi connectivity index (χ1v) is 15.1. The Hall–Kier alpha value is -4.88. The van der Waals surface area contributed by atoms with Gasteiger partial charge < -0.3 is 23.8 Å². The molecule has 0 saturated carbocycles. The maximum atomic E-state index is 15.2. The summed E-state index contributed by atoms with van der Waals surface area (Å²) in [6.45, 7) is 4.07. The van der Waals surface area contributed by atoms with Gasteiger partial charge >= 0.3 is 6.09 Å². The van der Waals surface area contributed by atoms with Crippen LogP contribution in [0.3, 0.4) is 0 Å². The summed E-state index contributed by atoms with van der Waals surface area (Å²) in [4.78, 5) is 42.7. The molecule has 2 aliphatic rings. The molecule has 0 spiro atoms. The average Bonchev–Trinajstić information content (AvgIpc) is 3.68. The molecule has 2 aliphatic heterocycles. The Morgan fingerprint density at radius 1 is 1.09 bits per heavy atom. The molecular weight excluding hydrogens is 601 g/mol. The lowest BCUT2D eigenvalue weighted by atomic mass is 10.1. The molecule has 13 heteroatoms. The lowest BCUT2D eigenvalue weighted by molar-refractivity contribution is -0.0144. The summed E-state index contributed by atoms with van der Waals surface area (Å²) >= 11 is 1.39. The van der Waals surface area contributed by atoms with Crippen molar-refractivity contribution in [3.63, 3.8) is 0 Å². The summed E-state index contributed by atoms with van der Waals surface area (Å²) in [5, 5.41) is 0.654.